The van der Waals surface area contributed by atoms with Gasteiger partial charge in [-0.25, -0.2) is 9.59 Å². The molecule has 4 rings (SSSR count). The van der Waals surface area contributed by atoms with Crippen LogP contribution in [0.1, 0.15) is 39.3 Å². The van der Waals surface area contributed by atoms with Gasteiger partial charge in [-0.3, -0.25) is 0 Å². The SMILES string of the molecule is CC1C(c2ccccc2)OC(COC(=O)c2ccccc2)C1OC(=O)c1ccccc1. The van der Waals surface area contributed by atoms with Crippen molar-refractivity contribution >= 4 is 11.9 Å². The van der Waals surface area contributed by atoms with Crippen LogP contribution in [0.2, 0.25) is 0 Å². The maximum atomic E-state index is 12.7. The first kappa shape index (κ1) is 20.8. The van der Waals surface area contributed by atoms with E-state index in [2.05, 4.69) is 0 Å². The van der Waals surface area contributed by atoms with Crippen molar-refractivity contribution in [2.45, 2.75) is 25.2 Å². The number of hydrogen-bond donors (Lipinski definition) is 0. The van der Waals surface area contributed by atoms with Crippen LogP contribution < -0.4 is 0 Å². The van der Waals surface area contributed by atoms with Gasteiger partial charge in [0, 0.05) is 5.92 Å². The average Bonchev–Trinajstić information content (AvgIpc) is 3.14. The molecule has 4 atom stereocenters. The van der Waals surface area contributed by atoms with Crippen LogP contribution in [0.5, 0.6) is 0 Å². The van der Waals surface area contributed by atoms with Gasteiger partial charge in [-0.15, -0.1) is 0 Å². The van der Waals surface area contributed by atoms with E-state index in [-0.39, 0.29) is 18.6 Å². The molecule has 0 amide bonds. The largest absolute Gasteiger partial charge is 0.459 e. The van der Waals surface area contributed by atoms with Gasteiger partial charge >= 0.3 is 11.9 Å². The smallest absolute Gasteiger partial charge is 0.338 e. The highest BCUT2D eigenvalue weighted by atomic mass is 16.6. The molecule has 5 heteroatoms. The van der Waals surface area contributed by atoms with E-state index in [4.69, 9.17) is 14.2 Å². The number of rotatable bonds is 6. The summed E-state index contributed by atoms with van der Waals surface area (Å²) in [5.74, 6) is -0.974. The van der Waals surface area contributed by atoms with Crippen LogP contribution in [0.25, 0.3) is 0 Å². The van der Waals surface area contributed by atoms with Gasteiger partial charge in [0.25, 0.3) is 0 Å². The van der Waals surface area contributed by atoms with Crippen LogP contribution in [-0.4, -0.2) is 30.8 Å². The number of carbonyl (C=O) groups is 2. The quantitative estimate of drug-likeness (QED) is 0.538. The second-order valence-electron chi connectivity index (χ2n) is 7.57. The summed E-state index contributed by atoms with van der Waals surface area (Å²) in [5, 5.41) is 0. The van der Waals surface area contributed by atoms with Crippen molar-refractivity contribution in [3.05, 3.63) is 108 Å². The van der Waals surface area contributed by atoms with Gasteiger partial charge in [-0.2, -0.15) is 0 Å². The van der Waals surface area contributed by atoms with E-state index < -0.39 is 24.1 Å². The van der Waals surface area contributed by atoms with Crippen molar-refractivity contribution in [2.24, 2.45) is 5.92 Å². The van der Waals surface area contributed by atoms with Crippen LogP contribution in [-0.2, 0) is 14.2 Å². The van der Waals surface area contributed by atoms with E-state index >= 15 is 0 Å². The lowest BCUT2D eigenvalue weighted by Crippen LogP contribution is -2.35. The third-order valence-corrected chi connectivity index (χ3v) is 5.45. The first-order chi connectivity index (χ1) is 15.1. The van der Waals surface area contributed by atoms with Gasteiger partial charge in [0.15, 0.2) is 0 Å². The van der Waals surface area contributed by atoms with E-state index in [9.17, 15) is 9.59 Å². The molecule has 31 heavy (non-hydrogen) atoms. The molecule has 0 aliphatic carbocycles. The number of ether oxygens (including phenoxy) is 3. The number of benzene rings is 3. The van der Waals surface area contributed by atoms with Crippen molar-refractivity contribution < 1.29 is 23.8 Å². The second-order valence-corrected chi connectivity index (χ2v) is 7.57. The summed E-state index contributed by atoms with van der Waals surface area (Å²) in [5.41, 5.74) is 1.93. The maximum Gasteiger partial charge on any atom is 0.338 e. The van der Waals surface area contributed by atoms with Crippen LogP contribution in [0.15, 0.2) is 91.0 Å². The molecule has 0 aromatic heterocycles. The lowest BCUT2D eigenvalue weighted by Gasteiger charge is -2.21. The highest BCUT2D eigenvalue weighted by Crippen LogP contribution is 2.40. The fraction of sp³-hybridized carbons (Fsp3) is 0.231. The number of esters is 2. The molecule has 158 valence electrons. The highest BCUT2D eigenvalue weighted by molar-refractivity contribution is 5.90. The minimum atomic E-state index is -0.569. The van der Waals surface area contributed by atoms with Crippen LogP contribution in [0, 0.1) is 5.92 Å². The summed E-state index contributed by atoms with van der Waals surface area (Å²) >= 11 is 0. The predicted octanol–water partition coefficient (Wildman–Crippen LogP) is 4.85. The van der Waals surface area contributed by atoms with E-state index in [1.807, 2.05) is 49.4 Å². The van der Waals surface area contributed by atoms with Crippen LogP contribution >= 0.6 is 0 Å². The van der Waals surface area contributed by atoms with Gasteiger partial charge < -0.3 is 14.2 Å². The van der Waals surface area contributed by atoms with Crippen LogP contribution in [0.4, 0.5) is 0 Å². The van der Waals surface area contributed by atoms with Crippen molar-refractivity contribution in [1.29, 1.82) is 0 Å². The zero-order chi connectivity index (χ0) is 21.6. The van der Waals surface area contributed by atoms with Crippen molar-refractivity contribution in [3.63, 3.8) is 0 Å². The third-order valence-electron chi connectivity index (χ3n) is 5.45. The lowest BCUT2D eigenvalue weighted by molar-refractivity contribution is -0.0429. The van der Waals surface area contributed by atoms with Gasteiger partial charge in [-0.05, 0) is 29.8 Å². The summed E-state index contributed by atoms with van der Waals surface area (Å²) in [7, 11) is 0. The van der Waals surface area contributed by atoms with Crippen LogP contribution in [0.3, 0.4) is 0 Å². The van der Waals surface area contributed by atoms with Gasteiger partial charge in [0.1, 0.15) is 18.8 Å². The van der Waals surface area contributed by atoms with E-state index in [0.29, 0.717) is 11.1 Å². The molecule has 3 aromatic rings. The predicted molar refractivity (Wildman–Crippen MR) is 116 cm³/mol. The number of carbonyl (C=O) groups excluding carboxylic acids is 2. The molecular weight excluding hydrogens is 392 g/mol. The molecule has 1 fully saturated rings. The summed E-state index contributed by atoms with van der Waals surface area (Å²) in [4.78, 5) is 25.1. The Morgan fingerprint density at radius 3 is 1.87 bits per heavy atom. The fourth-order valence-electron chi connectivity index (χ4n) is 3.82. The average molecular weight is 416 g/mol. The Morgan fingerprint density at radius 2 is 1.29 bits per heavy atom. The Labute approximate surface area is 181 Å². The molecule has 3 aromatic carbocycles. The zero-order valence-corrected chi connectivity index (χ0v) is 17.2. The maximum absolute atomic E-state index is 12.7. The molecule has 1 aliphatic heterocycles. The zero-order valence-electron chi connectivity index (χ0n) is 17.2. The van der Waals surface area contributed by atoms with Crippen molar-refractivity contribution in [2.75, 3.05) is 6.61 Å². The van der Waals surface area contributed by atoms with E-state index in [0.717, 1.165) is 5.56 Å². The fourth-order valence-corrected chi connectivity index (χ4v) is 3.82. The highest BCUT2D eigenvalue weighted by Gasteiger charge is 2.45. The molecule has 0 saturated carbocycles. The normalized spacial score (nSPS) is 22.6. The minimum absolute atomic E-state index is 0.00582. The van der Waals surface area contributed by atoms with Crippen molar-refractivity contribution in [3.8, 4) is 0 Å². The van der Waals surface area contributed by atoms with Gasteiger partial charge in [-0.1, -0.05) is 73.7 Å². The van der Waals surface area contributed by atoms with Gasteiger partial charge in [0.05, 0.1) is 17.2 Å². The summed E-state index contributed by atoms with van der Waals surface area (Å²) in [6, 6.07) is 27.4. The molecule has 5 nitrogen and oxygen atoms in total. The standard InChI is InChI=1S/C26H24O5/c1-18-23(19-11-5-2-6-12-19)30-22(17-29-25(27)20-13-7-3-8-14-20)24(18)31-26(28)21-15-9-4-10-16-21/h2-16,18,22-24H,17H2,1H3. The molecular formula is C26H24O5. The van der Waals surface area contributed by atoms with Gasteiger partial charge in [0.2, 0.25) is 0 Å². The molecule has 0 bridgehead atoms. The summed E-state index contributed by atoms with van der Waals surface area (Å²) in [6.45, 7) is 1.98. The van der Waals surface area contributed by atoms with E-state index in [1.54, 1.807) is 48.5 Å². The lowest BCUT2D eigenvalue weighted by atomic mass is 9.93. The molecule has 1 saturated heterocycles. The molecule has 0 spiro atoms. The third kappa shape index (κ3) is 4.84. The second kappa shape index (κ2) is 9.58. The molecule has 1 aliphatic rings. The monoisotopic (exact) mass is 416 g/mol. The summed E-state index contributed by atoms with van der Waals surface area (Å²) in [6.07, 6.45) is -1.39. The topological polar surface area (TPSA) is 61.8 Å². The Balaban J connectivity index is 1.51. The summed E-state index contributed by atoms with van der Waals surface area (Å²) < 4.78 is 17.6. The Hall–Kier alpha value is -3.44. The molecule has 1 heterocycles. The first-order valence-corrected chi connectivity index (χ1v) is 10.3. The first-order valence-electron chi connectivity index (χ1n) is 10.3. The van der Waals surface area contributed by atoms with E-state index in [1.165, 1.54) is 0 Å². The molecule has 0 N–H and O–H groups in total. The Morgan fingerprint density at radius 1 is 0.774 bits per heavy atom. The molecule has 4 unspecified atom stereocenters. The Bertz CT molecular complexity index is 1000. The number of hydrogen-bond acceptors (Lipinski definition) is 5. The Kier molecular flexibility index (Phi) is 6.43. The van der Waals surface area contributed by atoms with Crippen molar-refractivity contribution in [1.82, 2.24) is 0 Å². The molecule has 0 radical (unpaired) electrons. The minimum Gasteiger partial charge on any atom is -0.459 e.